The van der Waals surface area contributed by atoms with Crippen LogP contribution in [0.2, 0.25) is 0 Å². The summed E-state index contributed by atoms with van der Waals surface area (Å²) in [5.74, 6) is -0.803. The maximum Gasteiger partial charge on any atom is 0.290 e. The lowest BCUT2D eigenvalue weighted by Gasteiger charge is -2.27. The van der Waals surface area contributed by atoms with E-state index in [2.05, 4.69) is 13.8 Å². The highest BCUT2D eigenvalue weighted by atomic mass is 16.5. The summed E-state index contributed by atoms with van der Waals surface area (Å²) in [6.07, 6.45) is 0.770. The van der Waals surface area contributed by atoms with Crippen molar-refractivity contribution in [3.05, 3.63) is 46.7 Å². The number of carbonyl (C=O) groups is 2. The third-order valence-electron chi connectivity index (χ3n) is 4.60. The summed E-state index contributed by atoms with van der Waals surface area (Å²) in [7, 11) is 0. The first-order valence-corrected chi connectivity index (χ1v) is 9.20. The summed E-state index contributed by atoms with van der Waals surface area (Å²) in [6, 6.07) is 7.36. The zero-order valence-corrected chi connectivity index (χ0v) is 16.3. The highest BCUT2D eigenvalue weighted by molar-refractivity contribution is 6.08. The van der Waals surface area contributed by atoms with Gasteiger partial charge in [-0.15, -0.1) is 0 Å². The molecule has 2 rings (SSSR count). The summed E-state index contributed by atoms with van der Waals surface area (Å²) < 4.78 is 5.54. The van der Waals surface area contributed by atoms with E-state index in [1.54, 1.807) is 4.90 Å². The van der Waals surface area contributed by atoms with Crippen LogP contribution in [0.4, 0.5) is 0 Å². The lowest BCUT2D eigenvalue weighted by Crippen LogP contribution is -2.32. The van der Waals surface area contributed by atoms with Gasteiger partial charge in [0, 0.05) is 13.2 Å². The van der Waals surface area contributed by atoms with E-state index in [1.165, 1.54) is 12.5 Å². The van der Waals surface area contributed by atoms with E-state index < -0.39 is 17.7 Å². The van der Waals surface area contributed by atoms with Gasteiger partial charge in [-0.25, -0.2) is 0 Å². The second-order valence-electron chi connectivity index (χ2n) is 7.31. The van der Waals surface area contributed by atoms with Gasteiger partial charge >= 0.3 is 0 Å². The molecule has 26 heavy (non-hydrogen) atoms. The molecule has 1 amide bonds. The van der Waals surface area contributed by atoms with Crippen molar-refractivity contribution in [3.8, 4) is 0 Å². The van der Waals surface area contributed by atoms with Crippen molar-refractivity contribution in [3.63, 3.8) is 0 Å². The second kappa shape index (κ2) is 8.49. The van der Waals surface area contributed by atoms with Gasteiger partial charge < -0.3 is 14.7 Å². The molecule has 1 aliphatic rings. The number of rotatable bonds is 8. The largest absolute Gasteiger partial charge is 0.503 e. The number of ketones is 1. The van der Waals surface area contributed by atoms with Crippen molar-refractivity contribution in [2.24, 2.45) is 0 Å². The molecule has 0 radical (unpaired) electrons. The van der Waals surface area contributed by atoms with E-state index in [4.69, 9.17) is 4.74 Å². The predicted octanol–water partition coefficient (Wildman–Crippen LogP) is 3.91. The van der Waals surface area contributed by atoms with E-state index in [-0.39, 0.29) is 17.5 Å². The minimum Gasteiger partial charge on any atom is -0.503 e. The van der Waals surface area contributed by atoms with Crippen LogP contribution in [-0.2, 0) is 14.3 Å². The molecule has 1 N–H and O–H groups in total. The van der Waals surface area contributed by atoms with Crippen molar-refractivity contribution < 1.29 is 19.4 Å². The van der Waals surface area contributed by atoms with Crippen LogP contribution in [0.5, 0.6) is 0 Å². The second-order valence-corrected chi connectivity index (χ2v) is 7.31. The Labute approximate surface area is 155 Å². The number of hydrogen-bond donors (Lipinski definition) is 1. The molecule has 0 saturated heterocycles. The summed E-state index contributed by atoms with van der Waals surface area (Å²) in [4.78, 5) is 26.2. The summed E-state index contributed by atoms with van der Waals surface area (Å²) >= 11 is 0. The number of hydrogen-bond acceptors (Lipinski definition) is 4. The van der Waals surface area contributed by atoms with Gasteiger partial charge in [0.1, 0.15) is 0 Å². The first-order chi connectivity index (χ1) is 12.2. The number of Topliss-reactive ketones (excluding diaryl/α,β-unsaturated/α-hetero) is 1. The summed E-state index contributed by atoms with van der Waals surface area (Å²) in [5.41, 5.74) is 2.20. The van der Waals surface area contributed by atoms with E-state index in [1.807, 2.05) is 38.1 Å². The fourth-order valence-electron chi connectivity index (χ4n) is 3.21. The quantitative estimate of drug-likeness (QED) is 0.715. The molecule has 0 aliphatic carbocycles. The predicted molar refractivity (Wildman–Crippen MR) is 101 cm³/mol. The maximum atomic E-state index is 12.5. The Morgan fingerprint density at radius 1 is 1.19 bits per heavy atom. The Kier molecular flexibility index (Phi) is 6.59. The highest BCUT2D eigenvalue weighted by Crippen LogP contribution is 2.38. The van der Waals surface area contributed by atoms with Gasteiger partial charge in [0.25, 0.3) is 5.91 Å². The fraction of sp³-hybridized carbons (Fsp3) is 0.524. The summed E-state index contributed by atoms with van der Waals surface area (Å²) in [6.45, 7) is 10.5. The molecule has 0 saturated carbocycles. The molecular weight excluding hydrogens is 330 g/mol. The van der Waals surface area contributed by atoms with Crippen LogP contribution in [-0.4, -0.2) is 41.0 Å². The third kappa shape index (κ3) is 4.33. The zero-order chi connectivity index (χ0) is 19.4. The summed E-state index contributed by atoms with van der Waals surface area (Å²) in [5, 5.41) is 10.3. The average molecular weight is 359 g/mol. The molecule has 0 aromatic heterocycles. The van der Waals surface area contributed by atoms with Crippen LogP contribution in [0.1, 0.15) is 64.1 Å². The van der Waals surface area contributed by atoms with Crippen molar-refractivity contribution in [2.45, 2.75) is 59.1 Å². The number of benzene rings is 1. The molecule has 1 heterocycles. The number of carbonyl (C=O) groups excluding carboxylic acids is 2. The SMILES string of the molecule is CC(=O)C1=C(O)C(=O)N(CCCOC(C)C)C1c1ccc(C(C)C)cc1. The lowest BCUT2D eigenvalue weighted by molar-refractivity contribution is -0.129. The Morgan fingerprint density at radius 2 is 1.81 bits per heavy atom. The lowest BCUT2D eigenvalue weighted by atomic mass is 9.94. The molecule has 5 heteroatoms. The van der Waals surface area contributed by atoms with Crippen molar-refractivity contribution >= 4 is 11.7 Å². The van der Waals surface area contributed by atoms with Crippen LogP contribution < -0.4 is 0 Å². The minimum absolute atomic E-state index is 0.128. The van der Waals surface area contributed by atoms with Gasteiger partial charge in [-0.1, -0.05) is 38.1 Å². The molecule has 1 aliphatic heterocycles. The van der Waals surface area contributed by atoms with Crippen LogP contribution in [0, 0.1) is 0 Å². The van der Waals surface area contributed by atoms with Gasteiger partial charge in [-0.2, -0.15) is 0 Å². The Morgan fingerprint density at radius 3 is 2.31 bits per heavy atom. The third-order valence-corrected chi connectivity index (χ3v) is 4.60. The fourth-order valence-corrected chi connectivity index (χ4v) is 3.21. The molecular formula is C21H29NO4. The standard InChI is InChI=1S/C21H29NO4/c1-13(2)16-7-9-17(10-8-16)19-18(15(5)23)20(24)21(25)22(19)11-6-12-26-14(3)4/h7-10,13-14,19,24H,6,11-12H2,1-5H3. The van der Waals surface area contributed by atoms with E-state index in [0.29, 0.717) is 25.5 Å². The topological polar surface area (TPSA) is 66.8 Å². The Bertz CT molecular complexity index is 688. The van der Waals surface area contributed by atoms with Gasteiger partial charge in [0.2, 0.25) is 0 Å². The van der Waals surface area contributed by atoms with Crippen molar-refractivity contribution in [1.82, 2.24) is 4.90 Å². The molecule has 1 unspecified atom stereocenters. The van der Waals surface area contributed by atoms with E-state index in [9.17, 15) is 14.7 Å². The first-order valence-electron chi connectivity index (χ1n) is 9.20. The highest BCUT2D eigenvalue weighted by Gasteiger charge is 2.41. The van der Waals surface area contributed by atoms with E-state index in [0.717, 1.165) is 5.56 Å². The molecule has 1 aromatic carbocycles. The molecule has 0 bridgehead atoms. The number of aliphatic hydroxyl groups is 1. The molecule has 1 atom stereocenters. The zero-order valence-electron chi connectivity index (χ0n) is 16.3. The van der Waals surface area contributed by atoms with Gasteiger partial charge in [-0.05, 0) is 44.2 Å². The number of amides is 1. The Hall–Kier alpha value is -2.14. The molecule has 5 nitrogen and oxygen atoms in total. The maximum absolute atomic E-state index is 12.5. The van der Waals surface area contributed by atoms with Crippen LogP contribution in [0.15, 0.2) is 35.6 Å². The van der Waals surface area contributed by atoms with Crippen LogP contribution >= 0.6 is 0 Å². The van der Waals surface area contributed by atoms with Crippen molar-refractivity contribution in [2.75, 3.05) is 13.2 Å². The minimum atomic E-state index is -0.541. The smallest absolute Gasteiger partial charge is 0.290 e. The monoisotopic (exact) mass is 359 g/mol. The molecule has 142 valence electrons. The Balaban J connectivity index is 2.28. The number of ether oxygens (including phenoxy) is 1. The van der Waals surface area contributed by atoms with Crippen LogP contribution in [0.25, 0.3) is 0 Å². The van der Waals surface area contributed by atoms with Crippen molar-refractivity contribution in [1.29, 1.82) is 0 Å². The van der Waals surface area contributed by atoms with Gasteiger partial charge in [0.15, 0.2) is 11.5 Å². The number of aliphatic hydroxyl groups excluding tert-OH is 1. The van der Waals surface area contributed by atoms with Gasteiger partial charge in [-0.3, -0.25) is 9.59 Å². The molecule has 0 spiro atoms. The molecule has 1 aromatic rings. The van der Waals surface area contributed by atoms with Gasteiger partial charge in [0.05, 0.1) is 17.7 Å². The first kappa shape index (κ1) is 20.2. The normalized spacial score (nSPS) is 17.7. The average Bonchev–Trinajstić information content (AvgIpc) is 2.83. The molecule has 0 fully saturated rings. The van der Waals surface area contributed by atoms with E-state index >= 15 is 0 Å². The van der Waals surface area contributed by atoms with Crippen LogP contribution in [0.3, 0.4) is 0 Å². The number of nitrogens with zero attached hydrogens (tertiary/aromatic N) is 1.